The van der Waals surface area contributed by atoms with E-state index in [9.17, 15) is 24.3 Å². The number of non-ortho nitro benzene ring substituents is 1. The molecule has 0 aliphatic rings. The van der Waals surface area contributed by atoms with Crippen molar-refractivity contribution in [1.29, 1.82) is 0 Å². The second-order valence-electron chi connectivity index (χ2n) is 4.84. The van der Waals surface area contributed by atoms with Gasteiger partial charge in [0.15, 0.2) is 0 Å². The minimum Gasteiger partial charge on any atom is -0.323 e. The molecule has 0 saturated carbocycles. The van der Waals surface area contributed by atoms with E-state index in [1.165, 1.54) is 6.92 Å². The number of nitrogens with one attached hydrogen (secondary N) is 3. The van der Waals surface area contributed by atoms with Crippen LogP contribution in [0.5, 0.6) is 0 Å². The maximum Gasteiger partial charge on any atom is 0.342 e. The molecule has 1 heterocycles. The highest BCUT2D eigenvalue weighted by Gasteiger charge is 2.23. The standard InChI is InChI=1S/C11H13N4O7P.ClH/c1-5(23(20,21)22)12-4-6-2-7(15(18)19)3-8-9(6)14-11(17)10(16)13-8;/h2-3,5,12H,4H2,1H3,(H,13,16)(H,14,17)(H2,20,21,22);1H/t5-;/m1./s1. The Morgan fingerprint density at radius 2 is 1.88 bits per heavy atom. The third-order valence-electron chi connectivity index (χ3n) is 3.20. The Hall–Kier alpha value is -2.04. The largest absolute Gasteiger partial charge is 0.342 e. The molecule has 0 fully saturated rings. The molecule has 0 spiro atoms. The SMILES string of the molecule is C[C@H](NCc1cc([N+](=O)[O-])cc2[nH]c(=O)c(=O)[nH]c12)P(=O)(O)O.Cl. The Morgan fingerprint density at radius 1 is 1.29 bits per heavy atom. The predicted octanol–water partition coefficient (Wildman–Crippen LogP) is 0.160. The summed E-state index contributed by atoms with van der Waals surface area (Å²) in [7, 11) is -4.38. The number of hydrogen-bond acceptors (Lipinski definition) is 6. The maximum atomic E-state index is 11.4. The first-order chi connectivity index (χ1) is 10.6. The summed E-state index contributed by atoms with van der Waals surface area (Å²) in [5.41, 5.74) is -1.82. The van der Waals surface area contributed by atoms with Crippen molar-refractivity contribution in [1.82, 2.24) is 15.3 Å². The first-order valence-electron chi connectivity index (χ1n) is 6.32. The molecule has 1 atom stereocenters. The van der Waals surface area contributed by atoms with Crippen molar-refractivity contribution in [2.45, 2.75) is 19.3 Å². The van der Waals surface area contributed by atoms with E-state index < -0.39 is 29.4 Å². The number of hydrogen-bond donors (Lipinski definition) is 5. The molecular formula is C11H14ClN4O7P. The number of nitro groups is 1. The van der Waals surface area contributed by atoms with Gasteiger partial charge in [0.2, 0.25) is 0 Å². The van der Waals surface area contributed by atoms with E-state index in [-0.39, 0.29) is 41.2 Å². The van der Waals surface area contributed by atoms with Crippen LogP contribution in [-0.4, -0.2) is 30.5 Å². The fourth-order valence-corrected chi connectivity index (χ4v) is 2.23. The zero-order valence-electron chi connectivity index (χ0n) is 12.2. The van der Waals surface area contributed by atoms with Gasteiger partial charge < -0.3 is 19.8 Å². The number of nitrogens with zero attached hydrogens (tertiary/aromatic N) is 1. The second kappa shape index (κ2) is 7.24. The van der Waals surface area contributed by atoms with E-state index in [1.807, 2.05) is 0 Å². The van der Waals surface area contributed by atoms with Crippen LogP contribution in [0.3, 0.4) is 0 Å². The average molecular weight is 381 g/mol. The summed E-state index contributed by atoms with van der Waals surface area (Å²) in [6.07, 6.45) is 0. The van der Waals surface area contributed by atoms with Crippen molar-refractivity contribution >= 4 is 36.7 Å². The summed E-state index contributed by atoms with van der Waals surface area (Å²) in [5, 5.41) is 13.5. The summed E-state index contributed by atoms with van der Waals surface area (Å²) in [4.78, 5) is 55.6. The van der Waals surface area contributed by atoms with Crippen LogP contribution in [-0.2, 0) is 11.1 Å². The second-order valence-corrected chi connectivity index (χ2v) is 6.79. The summed E-state index contributed by atoms with van der Waals surface area (Å²) >= 11 is 0. The van der Waals surface area contributed by atoms with Gasteiger partial charge in [-0.15, -0.1) is 12.4 Å². The molecule has 24 heavy (non-hydrogen) atoms. The Bertz CT molecular complexity index is 934. The quantitative estimate of drug-likeness (QED) is 0.210. The Kier molecular flexibility index (Phi) is 6.04. The number of aromatic nitrogens is 2. The van der Waals surface area contributed by atoms with Crippen molar-refractivity contribution < 1.29 is 19.3 Å². The highest BCUT2D eigenvalue weighted by atomic mass is 35.5. The van der Waals surface area contributed by atoms with Crippen LogP contribution in [0.4, 0.5) is 5.69 Å². The highest BCUT2D eigenvalue weighted by Crippen LogP contribution is 2.39. The molecule has 11 nitrogen and oxygen atoms in total. The number of halogens is 1. The van der Waals surface area contributed by atoms with E-state index in [1.54, 1.807) is 0 Å². The number of fused-ring (bicyclic) bond motifs is 1. The molecule has 0 aliphatic heterocycles. The van der Waals surface area contributed by atoms with E-state index in [2.05, 4.69) is 15.3 Å². The van der Waals surface area contributed by atoms with Crippen LogP contribution >= 0.6 is 20.0 Å². The normalized spacial score (nSPS) is 12.6. The lowest BCUT2D eigenvalue weighted by molar-refractivity contribution is -0.384. The Balaban J connectivity index is 0.00000288. The van der Waals surface area contributed by atoms with Crippen molar-refractivity contribution in [2.24, 2.45) is 0 Å². The molecule has 0 amide bonds. The van der Waals surface area contributed by atoms with Gasteiger partial charge in [-0.1, -0.05) is 0 Å². The third kappa shape index (κ3) is 4.28. The lowest BCUT2D eigenvalue weighted by atomic mass is 10.1. The maximum absolute atomic E-state index is 11.4. The van der Waals surface area contributed by atoms with Gasteiger partial charge in [-0.25, -0.2) is 0 Å². The van der Waals surface area contributed by atoms with Crippen LogP contribution in [0.15, 0.2) is 21.7 Å². The lowest BCUT2D eigenvalue weighted by Gasteiger charge is -2.15. The van der Waals surface area contributed by atoms with Crippen LogP contribution in [0.25, 0.3) is 11.0 Å². The third-order valence-corrected chi connectivity index (χ3v) is 4.39. The monoisotopic (exact) mass is 380 g/mol. The molecule has 0 radical (unpaired) electrons. The molecule has 132 valence electrons. The molecule has 0 saturated heterocycles. The predicted molar refractivity (Wildman–Crippen MR) is 87.4 cm³/mol. The first-order valence-corrected chi connectivity index (χ1v) is 8.00. The summed E-state index contributed by atoms with van der Waals surface area (Å²) in [6.45, 7) is 1.09. The molecule has 2 rings (SSSR count). The number of benzene rings is 1. The smallest absolute Gasteiger partial charge is 0.323 e. The van der Waals surface area contributed by atoms with Gasteiger partial charge in [0, 0.05) is 18.7 Å². The molecule has 0 aliphatic carbocycles. The van der Waals surface area contributed by atoms with Crippen molar-refractivity contribution in [2.75, 3.05) is 0 Å². The van der Waals surface area contributed by atoms with Crippen LogP contribution < -0.4 is 16.4 Å². The molecule has 13 heteroatoms. The fraction of sp³-hybridized carbons (Fsp3) is 0.273. The molecule has 1 aromatic carbocycles. The van der Waals surface area contributed by atoms with E-state index in [0.29, 0.717) is 0 Å². The summed E-state index contributed by atoms with van der Waals surface area (Å²) in [6, 6.07) is 2.23. The lowest BCUT2D eigenvalue weighted by Crippen LogP contribution is -2.30. The number of nitro benzene ring substituents is 1. The van der Waals surface area contributed by atoms with Crippen molar-refractivity contribution in [3.63, 3.8) is 0 Å². The van der Waals surface area contributed by atoms with Crippen LogP contribution in [0.2, 0.25) is 0 Å². The molecule has 0 unspecified atom stereocenters. The minimum atomic E-state index is -4.38. The fourth-order valence-electron chi connectivity index (χ4n) is 1.90. The number of rotatable bonds is 5. The van der Waals surface area contributed by atoms with Gasteiger partial charge >= 0.3 is 18.7 Å². The number of aromatic amines is 2. The highest BCUT2D eigenvalue weighted by molar-refractivity contribution is 7.52. The molecule has 2 aromatic rings. The first kappa shape index (κ1) is 20.0. The Labute approximate surface area is 139 Å². The van der Waals surface area contributed by atoms with E-state index in [4.69, 9.17) is 9.79 Å². The Morgan fingerprint density at radius 3 is 2.42 bits per heavy atom. The van der Waals surface area contributed by atoms with Gasteiger partial charge in [-0.3, -0.25) is 29.6 Å². The van der Waals surface area contributed by atoms with Gasteiger partial charge in [-0.2, -0.15) is 0 Å². The van der Waals surface area contributed by atoms with Crippen molar-refractivity contribution in [3.05, 3.63) is 48.5 Å². The van der Waals surface area contributed by atoms with Crippen molar-refractivity contribution in [3.8, 4) is 0 Å². The molecule has 0 bridgehead atoms. The van der Waals surface area contributed by atoms with Gasteiger partial charge in [-0.05, 0) is 12.5 Å². The zero-order valence-corrected chi connectivity index (χ0v) is 13.9. The zero-order chi connectivity index (χ0) is 17.4. The van der Waals surface area contributed by atoms with E-state index >= 15 is 0 Å². The van der Waals surface area contributed by atoms with Crippen LogP contribution in [0.1, 0.15) is 12.5 Å². The van der Waals surface area contributed by atoms with Gasteiger partial charge in [0.1, 0.15) is 5.78 Å². The van der Waals surface area contributed by atoms with Gasteiger partial charge in [0.05, 0.1) is 16.0 Å². The average Bonchev–Trinajstić information content (AvgIpc) is 2.44. The minimum absolute atomic E-state index is 0. The molecule has 5 N–H and O–H groups in total. The summed E-state index contributed by atoms with van der Waals surface area (Å²) < 4.78 is 11.1. The van der Waals surface area contributed by atoms with Gasteiger partial charge in [0.25, 0.3) is 5.69 Å². The topological polar surface area (TPSA) is 178 Å². The van der Waals surface area contributed by atoms with E-state index in [0.717, 1.165) is 12.1 Å². The summed E-state index contributed by atoms with van der Waals surface area (Å²) in [5.74, 6) is -1.19. The molecule has 1 aromatic heterocycles. The number of H-pyrrole nitrogens is 2. The molecular weight excluding hydrogens is 367 g/mol. The van der Waals surface area contributed by atoms with Crippen LogP contribution in [0, 0.1) is 10.1 Å².